The van der Waals surface area contributed by atoms with Crippen molar-refractivity contribution in [3.05, 3.63) is 64.7 Å². The molecule has 0 fully saturated rings. The van der Waals surface area contributed by atoms with Crippen molar-refractivity contribution in [3.63, 3.8) is 0 Å². The van der Waals surface area contributed by atoms with E-state index in [1.807, 2.05) is 23.6 Å². The highest BCUT2D eigenvalue weighted by Gasteiger charge is 2.36. The van der Waals surface area contributed by atoms with Crippen molar-refractivity contribution in [1.82, 2.24) is 10.7 Å². The van der Waals surface area contributed by atoms with Gasteiger partial charge in [0.15, 0.2) is 5.84 Å². The number of alkyl halides is 3. The molecule has 3 atom stereocenters. The quantitative estimate of drug-likeness (QED) is 0.282. The van der Waals surface area contributed by atoms with E-state index in [-0.39, 0.29) is 17.6 Å². The summed E-state index contributed by atoms with van der Waals surface area (Å²) in [7, 11) is 0. The van der Waals surface area contributed by atoms with Gasteiger partial charge in [-0.25, -0.2) is 4.99 Å². The van der Waals surface area contributed by atoms with Crippen LogP contribution in [0, 0.1) is 5.92 Å². The van der Waals surface area contributed by atoms with Gasteiger partial charge in [0.05, 0.1) is 17.7 Å². The molecule has 1 aromatic rings. The average Bonchev–Trinajstić information content (AvgIpc) is 3.22. The lowest BCUT2D eigenvalue weighted by atomic mass is 9.92. The predicted molar refractivity (Wildman–Crippen MR) is 116 cm³/mol. The van der Waals surface area contributed by atoms with Crippen molar-refractivity contribution < 1.29 is 17.9 Å². The number of benzene rings is 1. The van der Waals surface area contributed by atoms with Crippen LogP contribution in [0.15, 0.2) is 68.8 Å². The lowest BCUT2D eigenvalue weighted by Crippen LogP contribution is -2.33. The Morgan fingerprint density at radius 1 is 1.32 bits per heavy atom. The topological polar surface area (TPSA) is 96.4 Å². The van der Waals surface area contributed by atoms with Crippen molar-refractivity contribution in [2.24, 2.45) is 27.0 Å². The second-order valence-corrected chi connectivity index (χ2v) is 7.96. The minimum Gasteiger partial charge on any atom is -0.343 e. The number of allylic oxidation sites excluding steroid dienone is 1. The van der Waals surface area contributed by atoms with E-state index in [1.165, 1.54) is 6.08 Å². The molecule has 31 heavy (non-hydrogen) atoms. The standard InChI is InChI=1S/C20H19F3N6OS/c1-25-29-18(28-24)11-2-7-14-16(10-11)27-19(15-8-9-31-17(14)15)26-12-3-5-13(6-4-12)30-20(21,22)23/h2-5,7-10,13,15,17H,1,6,24H2,(H,26,27)(H,28,29). The first kappa shape index (κ1) is 21.2. The number of aliphatic imine (C=N–C) groups is 1. The molecule has 0 radical (unpaired) electrons. The van der Waals surface area contributed by atoms with Crippen LogP contribution in [0.3, 0.4) is 0 Å². The summed E-state index contributed by atoms with van der Waals surface area (Å²) < 4.78 is 41.3. The van der Waals surface area contributed by atoms with Crippen LogP contribution < -0.4 is 16.6 Å². The Morgan fingerprint density at radius 2 is 2.16 bits per heavy atom. The molecule has 2 aliphatic heterocycles. The van der Waals surface area contributed by atoms with Crippen molar-refractivity contribution >= 4 is 35.8 Å². The van der Waals surface area contributed by atoms with Crippen LogP contribution in [0.25, 0.3) is 0 Å². The number of nitrogens with one attached hydrogen (secondary N) is 2. The zero-order valence-corrected chi connectivity index (χ0v) is 17.0. The number of hydrogen-bond acceptors (Lipinski definition) is 7. The van der Waals surface area contributed by atoms with Crippen molar-refractivity contribution in [2.75, 3.05) is 0 Å². The average molecular weight is 448 g/mol. The first-order valence-corrected chi connectivity index (χ1v) is 10.3. The highest BCUT2D eigenvalue weighted by molar-refractivity contribution is 8.02. The van der Waals surface area contributed by atoms with Gasteiger partial charge in [-0.1, -0.05) is 30.4 Å². The summed E-state index contributed by atoms with van der Waals surface area (Å²) in [4.78, 5) is 4.78. The van der Waals surface area contributed by atoms with E-state index >= 15 is 0 Å². The largest absolute Gasteiger partial charge is 0.523 e. The minimum absolute atomic E-state index is 0.0254. The summed E-state index contributed by atoms with van der Waals surface area (Å²) >= 11 is 1.69. The van der Waals surface area contributed by atoms with Crippen LogP contribution in [0.1, 0.15) is 22.8 Å². The van der Waals surface area contributed by atoms with Crippen LogP contribution in [0.2, 0.25) is 0 Å². The lowest BCUT2D eigenvalue weighted by Gasteiger charge is -2.29. The van der Waals surface area contributed by atoms with Gasteiger partial charge in [0.1, 0.15) is 5.84 Å². The maximum atomic E-state index is 12.4. The second kappa shape index (κ2) is 8.60. The van der Waals surface area contributed by atoms with E-state index in [2.05, 4.69) is 38.5 Å². The number of thioether (sulfide) groups is 1. The predicted octanol–water partition coefficient (Wildman–Crippen LogP) is 3.81. The summed E-state index contributed by atoms with van der Waals surface area (Å²) in [6.45, 7) is 3.38. The van der Waals surface area contributed by atoms with Crippen LogP contribution >= 0.6 is 11.8 Å². The Labute approximate surface area is 180 Å². The van der Waals surface area contributed by atoms with Gasteiger partial charge in [0, 0.05) is 23.2 Å². The van der Waals surface area contributed by atoms with Gasteiger partial charge < -0.3 is 11.2 Å². The molecule has 3 unspecified atom stereocenters. The van der Waals surface area contributed by atoms with E-state index in [0.717, 1.165) is 11.3 Å². The summed E-state index contributed by atoms with van der Waals surface area (Å²) in [5.74, 6) is 6.53. The third-order valence-electron chi connectivity index (χ3n) is 4.94. The zero-order valence-electron chi connectivity index (χ0n) is 16.1. The van der Waals surface area contributed by atoms with Crippen LogP contribution in [0.4, 0.5) is 18.9 Å². The molecule has 1 aromatic carbocycles. The number of amidine groups is 2. The molecule has 7 nitrogen and oxygen atoms in total. The van der Waals surface area contributed by atoms with Crippen LogP contribution in [0.5, 0.6) is 0 Å². The van der Waals surface area contributed by atoms with Gasteiger partial charge in [0.25, 0.3) is 0 Å². The summed E-state index contributed by atoms with van der Waals surface area (Å²) in [6, 6.07) is 5.73. The molecule has 11 heteroatoms. The van der Waals surface area contributed by atoms with Gasteiger partial charge in [0.2, 0.25) is 0 Å². The highest BCUT2D eigenvalue weighted by atomic mass is 32.2. The fraction of sp³-hybridized carbons (Fsp3) is 0.250. The molecule has 0 saturated carbocycles. The Morgan fingerprint density at radius 3 is 2.84 bits per heavy atom. The van der Waals surface area contributed by atoms with Crippen LogP contribution in [-0.2, 0) is 4.74 Å². The van der Waals surface area contributed by atoms with Gasteiger partial charge in [-0.05, 0) is 29.5 Å². The number of hydrazone groups is 2. The van der Waals surface area contributed by atoms with Gasteiger partial charge in [-0.3, -0.25) is 10.2 Å². The molecule has 1 aliphatic carbocycles. The van der Waals surface area contributed by atoms with Crippen molar-refractivity contribution in [2.45, 2.75) is 24.1 Å². The molecule has 0 saturated heterocycles. The molecule has 3 aliphatic rings. The summed E-state index contributed by atoms with van der Waals surface area (Å²) in [5, 5.41) is 12.7. The van der Waals surface area contributed by atoms with E-state index in [0.29, 0.717) is 22.9 Å². The van der Waals surface area contributed by atoms with Gasteiger partial charge in [-0.2, -0.15) is 10.2 Å². The summed E-state index contributed by atoms with van der Waals surface area (Å²) in [6.07, 6.45) is 1.12. The van der Waals surface area contributed by atoms with E-state index < -0.39 is 12.5 Å². The molecule has 0 amide bonds. The smallest absolute Gasteiger partial charge is 0.343 e. The fourth-order valence-electron chi connectivity index (χ4n) is 3.59. The van der Waals surface area contributed by atoms with Crippen molar-refractivity contribution in [3.8, 4) is 0 Å². The number of halogens is 3. The molecule has 4 N–H and O–H groups in total. The molecule has 162 valence electrons. The summed E-state index contributed by atoms with van der Waals surface area (Å²) in [5.41, 5.74) is 5.85. The molecule has 4 rings (SSSR count). The lowest BCUT2D eigenvalue weighted by molar-refractivity contribution is -0.336. The number of nitrogens with two attached hydrogens (primary N) is 1. The molecular weight excluding hydrogens is 429 g/mol. The Hall–Kier alpha value is -3.05. The number of nitrogens with zero attached hydrogens (tertiary/aromatic N) is 3. The number of hydrogen-bond donors (Lipinski definition) is 3. The molecular formula is C20H19F3N6OS. The Balaban J connectivity index is 1.58. The van der Waals surface area contributed by atoms with Crippen molar-refractivity contribution in [1.29, 1.82) is 0 Å². The molecule has 0 bridgehead atoms. The number of rotatable bonds is 4. The molecule has 0 spiro atoms. The number of ether oxygens (including phenoxy) is 1. The highest BCUT2D eigenvalue weighted by Crippen LogP contribution is 2.49. The first-order valence-electron chi connectivity index (χ1n) is 9.32. The van der Waals surface area contributed by atoms with Gasteiger partial charge >= 0.3 is 6.36 Å². The third-order valence-corrected chi connectivity index (χ3v) is 6.09. The monoisotopic (exact) mass is 448 g/mol. The minimum atomic E-state index is -4.66. The maximum Gasteiger partial charge on any atom is 0.523 e. The maximum absolute atomic E-state index is 12.4. The van der Waals surface area contributed by atoms with E-state index in [9.17, 15) is 13.2 Å². The Kier molecular flexibility index (Phi) is 5.88. The fourth-order valence-corrected chi connectivity index (χ4v) is 4.75. The SMILES string of the molecule is C=NN/C(=N\N)c1ccc2c(c1)N=C(NC1=CCC(OC(F)(F)F)C=C1)C1C=CSC21. The molecule has 2 heterocycles. The number of fused-ring (bicyclic) bond motifs is 3. The Bertz CT molecular complexity index is 1030. The zero-order chi connectivity index (χ0) is 22.0. The van der Waals surface area contributed by atoms with E-state index in [4.69, 9.17) is 10.8 Å². The normalized spacial score (nSPS) is 24.7. The first-order chi connectivity index (χ1) is 14.9. The van der Waals surface area contributed by atoms with E-state index in [1.54, 1.807) is 23.9 Å². The third kappa shape index (κ3) is 4.67. The second-order valence-electron chi connectivity index (χ2n) is 6.91. The molecule has 0 aromatic heterocycles. The van der Waals surface area contributed by atoms with Crippen LogP contribution in [-0.4, -0.2) is 30.9 Å². The van der Waals surface area contributed by atoms with Gasteiger partial charge in [-0.15, -0.1) is 24.9 Å².